The van der Waals surface area contributed by atoms with Gasteiger partial charge in [-0.3, -0.25) is 4.79 Å². The summed E-state index contributed by atoms with van der Waals surface area (Å²) < 4.78 is 3.20. The quantitative estimate of drug-likeness (QED) is 0.529. The van der Waals surface area contributed by atoms with Crippen molar-refractivity contribution in [1.82, 2.24) is 24.2 Å². The van der Waals surface area contributed by atoms with Crippen molar-refractivity contribution in [3.8, 4) is 11.1 Å². The first kappa shape index (κ1) is 14.6. The molecule has 5 rings (SSSR count). The van der Waals surface area contributed by atoms with Crippen LogP contribution >= 0.6 is 0 Å². The van der Waals surface area contributed by atoms with Gasteiger partial charge >= 0.3 is 0 Å². The van der Waals surface area contributed by atoms with Gasteiger partial charge in [-0.05, 0) is 25.0 Å². The van der Waals surface area contributed by atoms with E-state index in [9.17, 15) is 4.79 Å². The van der Waals surface area contributed by atoms with Crippen LogP contribution in [0.5, 0.6) is 0 Å². The second-order valence-electron chi connectivity index (χ2n) is 6.83. The Labute approximate surface area is 146 Å². The fourth-order valence-corrected chi connectivity index (χ4v) is 4.22. The standard InChI is InChI=1S/C17H17BN6O/c18-24-8-13(6-20-24)12-5-17-16(3-4-19-23(17)7-12)21-9-14-1-2-15(10-21)22(14)11-25/h3-8,11,14-15H,1-2,9-10H2. The second-order valence-corrected chi connectivity index (χ2v) is 6.83. The van der Waals surface area contributed by atoms with Crippen molar-refractivity contribution in [2.24, 2.45) is 0 Å². The van der Waals surface area contributed by atoms with Crippen molar-refractivity contribution < 1.29 is 4.79 Å². The smallest absolute Gasteiger partial charge is 0.264 e. The van der Waals surface area contributed by atoms with Crippen LogP contribution in [0, 0.1) is 0 Å². The SMILES string of the molecule is [B]n1cc(-c2cc3c(N4CC5CCC(C4)N5C=O)ccnn3c2)cn1. The molecule has 5 heterocycles. The third kappa shape index (κ3) is 2.24. The van der Waals surface area contributed by atoms with Crippen molar-refractivity contribution in [2.45, 2.75) is 24.9 Å². The van der Waals surface area contributed by atoms with Crippen molar-refractivity contribution in [2.75, 3.05) is 18.0 Å². The van der Waals surface area contributed by atoms with Gasteiger partial charge in [-0.25, -0.2) is 4.52 Å². The van der Waals surface area contributed by atoms with Crippen molar-refractivity contribution in [3.63, 3.8) is 0 Å². The number of fused-ring (bicyclic) bond motifs is 3. The number of aromatic nitrogens is 4. The maximum atomic E-state index is 11.3. The molecule has 2 aliphatic rings. The molecule has 3 aromatic rings. The van der Waals surface area contributed by atoms with E-state index < -0.39 is 0 Å². The molecule has 0 saturated carbocycles. The molecule has 2 fully saturated rings. The number of rotatable bonds is 3. The molecular weight excluding hydrogens is 315 g/mol. The summed E-state index contributed by atoms with van der Waals surface area (Å²) in [5.74, 6) is 0. The number of carbonyl (C=O) groups is 1. The van der Waals surface area contributed by atoms with E-state index in [2.05, 4.69) is 27.2 Å². The van der Waals surface area contributed by atoms with Gasteiger partial charge in [-0.2, -0.15) is 10.2 Å². The number of anilines is 1. The third-order valence-electron chi connectivity index (χ3n) is 5.42. The molecule has 0 N–H and O–H groups in total. The summed E-state index contributed by atoms with van der Waals surface area (Å²) in [6, 6.07) is 4.80. The average Bonchev–Trinajstić information content (AvgIpc) is 3.29. The maximum Gasteiger partial charge on any atom is 0.264 e. The molecule has 0 spiro atoms. The summed E-state index contributed by atoms with van der Waals surface area (Å²) >= 11 is 0. The van der Waals surface area contributed by atoms with Crippen LogP contribution in [0.1, 0.15) is 12.8 Å². The summed E-state index contributed by atoms with van der Waals surface area (Å²) in [7, 11) is 5.66. The molecule has 2 unspecified atom stereocenters. The lowest BCUT2D eigenvalue weighted by atomic mass is 10.1. The zero-order chi connectivity index (χ0) is 17.0. The Bertz CT molecular complexity index is 936. The fraction of sp³-hybridized carbons (Fsp3) is 0.353. The molecule has 1 amide bonds. The highest BCUT2D eigenvalue weighted by Gasteiger charge is 2.39. The normalized spacial score (nSPS) is 22.7. The maximum absolute atomic E-state index is 11.3. The molecule has 2 bridgehead atoms. The van der Waals surface area contributed by atoms with E-state index in [1.165, 1.54) is 4.59 Å². The Morgan fingerprint density at radius 3 is 2.60 bits per heavy atom. The Balaban J connectivity index is 1.54. The Morgan fingerprint density at radius 2 is 1.92 bits per heavy atom. The first-order chi connectivity index (χ1) is 12.2. The molecule has 0 aromatic carbocycles. The number of carbonyl (C=O) groups excluding carboxylic acids is 1. The van der Waals surface area contributed by atoms with Crippen LogP contribution in [0.25, 0.3) is 16.6 Å². The number of hydrogen-bond acceptors (Lipinski definition) is 4. The summed E-state index contributed by atoms with van der Waals surface area (Å²) in [5.41, 5.74) is 4.21. The number of piperazine rings is 1. The lowest BCUT2D eigenvalue weighted by Gasteiger charge is -2.40. The minimum Gasteiger partial charge on any atom is -0.366 e. The summed E-state index contributed by atoms with van der Waals surface area (Å²) in [5, 5.41) is 8.48. The molecule has 0 aliphatic carbocycles. The monoisotopic (exact) mass is 332 g/mol. The van der Waals surface area contributed by atoms with E-state index >= 15 is 0 Å². The zero-order valence-corrected chi connectivity index (χ0v) is 13.7. The predicted octanol–water partition coefficient (Wildman–Crippen LogP) is 0.939. The lowest BCUT2D eigenvalue weighted by Crippen LogP contribution is -2.53. The second kappa shape index (κ2) is 5.37. The van der Waals surface area contributed by atoms with E-state index in [0.717, 1.165) is 54.7 Å². The van der Waals surface area contributed by atoms with Gasteiger partial charge in [0.1, 0.15) is 0 Å². The highest BCUT2D eigenvalue weighted by molar-refractivity contribution is 6.06. The van der Waals surface area contributed by atoms with E-state index in [1.807, 2.05) is 21.8 Å². The minimum absolute atomic E-state index is 0.314. The largest absolute Gasteiger partial charge is 0.366 e. The lowest BCUT2D eigenvalue weighted by molar-refractivity contribution is -0.121. The molecule has 124 valence electrons. The van der Waals surface area contributed by atoms with Gasteiger partial charge in [0.05, 0.1) is 17.4 Å². The Kier molecular flexibility index (Phi) is 3.13. The van der Waals surface area contributed by atoms with E-state index in [-0.39, 0.29) is 0 Å². The number of amides is 1. The molecule has 8 heteroatoms. The molecule has 2 radical (unpaired) electrons. The topological polar surface area (TPSA) is 58.7 Å². The van der Waals surface area contributed by atoms with Crippen LogP contribution < -0.4 is 4.90 Å². The Hall–Kier alpha value is -2.77. The zero-order valence-electron chi connectivity index (χ0n) is 13.7. The molecule has 2 atom stereocenters. The van der Waals surface area contributed by atoms with Crippen LogP contribution in [0.15, 0.2) is 36.9 Å². The predicted molar refractivity (Wildman–Crippen MR) is 94.5 cm³/mol. The van der Waals surface area contributed by atoms with Crippen LogP contribution in [0.3, 0.4) is 0 Å². The first-order valence-corrected chi connectivity index (χ1v) is 8.48. The van der Waals surface area contributed by atoms with Crippen molar-refractivity contribution >= 4 is 25.6 Å². The molecular formula is C17H17BN6O. The van der Waals surface area contributed by atoms with Crippen LogP contribution in [0.2, 0.25) is 0 Å². The van der Waals surface area contributed by atoms with E-state index in [1.54, 1.807) is 12.4 Å². The van der Waals surface area contributed by atoms with Crippen LogP contribution in [-0.2, 0) is 4.79 Å². The van der Waals surface area contributed by atoms with Gasteiger partial charge in [-0.1, -0.05) is 0 Å². The van der Waals surface area contributed by atoms with Gasteiger partial charge in [0, 0.05) is 54.9 Å². The Morgan fingerprint density at radius 1 is 1.12 bits per heavy atom. The molecule has 2 saturated heterocycles. The summed E-state index contributed by atoms with van der Waals surface area (Å²) in [4.78, 5) is 15.7. The van der Waals surface area contributed by atoms with Gasteiger partial charge in [0.2, 0.25) is 6.41 Å². The van der Waals surface area contributed by atoms with Gasteiger partial charge in [0.15, 0.2) is 0 Å². The summed E-state index contributed by atoms with van der Waals surface area (Å²) in [6.07, 6.45) is 10.5. The minimum atomic E-state index is 0.314. The molecule has 3 aromatic heterocycles. The van der Waals surface area contributed by atoms with E-state index in [0.29, 0.717) is 12.1 Å². The molecule has 7 nitrogen and oxygen atoms in total. The first-order valence-electron chi connectivity index (χ1n) is 8.48. The van der Waals surface area contributed by atoms with Gasteiger partial charge in [-0.15, -0.1) is 0 Å². The highest BCUT2D eigenvalue weighted by Crippen LogP contribution is 2.34. The van der Waals surface area contributed by atoms with Crippen LogP contribution in [0.4, 0.5) is 5.69 Å². The molecule has 2 aliphatic heterocycles. The number of hydrogen-bond donors (Lipinski definition) is 0. The third-order valence-corrected chi connectivity index (χ3v) is 5.42. The number of nitrogens with zero attached hydrogens (tertiary/aromatic N) is 6. The highest BCUT2D eigenvalue weighted by atomic mass is 16.1. The van der Waals surface area contributed by atoms with E-state index in [4.69, 9.17) is 7.98 Å². The van der Waals surface area contributed by atoms with Crippen molar-refractivity contribution in [3.05, 3.63) is 36.9 Å². The fourth-order valence-electron chi connectivity index (χ4n) is 4.22. The van der Waals surface area contributed by atoms with Crippen LogP contribution in [-0.4, -0.2) is 63.8 Å². The van der Waals surface area contributed by atoms with Crippen molar-refractivity contribution in [1.29, 1.82) is 0 Å². The van der Waals surface area contributed by atoms with Gasteiger partial charge in [0.25, 0.3) is 7.98 Å². The van der Waals surface area contributed by atoms with Gasteiger partial charge < -0.3 is 14.4 Å². The average molecular weight is 332 g/mol. The molecule has 25 heavy (non-hydrogen) atoms. The summed E-state index contributed by atoms with van der Waals surface area (Å²) in [6.45, 7) is 1.74.